The fourth-order valence-corrected chi connectivity index (χ4v) is 4.50. The van der Waals surface area contributed by atoms with Gasteiger partial charge in [-0.15, -0.1) is 0 Å². The van der Waals surface area contributed by atoms with Crippen LogP contribution in [-0.2, 0) is 16.6 Å². The van der Waals surface area contributed by atoms with Crippen molar-refractivity contribution < 1.29 is 9.59 Å². The summed E-state index contributed by atoms with van der Waals surface area (Å²) in [5, 5.41) is 5.19. The zero-order valence-corrected chi connectivity index (χ0v) is 16.2. The number of carbonyl (C=O) groups is 2. The number of aryl methyl sites for hydroxylation is 1. The summed E-state index contributed by atoms with van der Waals surface area (Å²) in [7, 11) is 2.00. The largest absolute Gasteiger partial charge is 0.356 e. The highest BCUT2D eigenvalue weighted by Gasteiger charge is 2.41. The highest BCUT2D eigenvalue weighted by molar-refractivity contribution is 6.30. The Morgan fingerprint density at radius 2 is 1.93 bits per heavy atom. The van der Waals surface area contributed by atoms with Crippen LogP contribution in [-0.4, -0.2) is 27.8 Å². The van der Waals surface area contributed by atoms with Gasteiger partial charge >= 0.3 is 0 Å². The average Bonchev–Trinajstić information content (AvgIpc) is 3.12. The highest BCUT2D eigenvalue weighted by Crippen LogP contribution is 2.46. The van der Waals surface area contributed by atoms with Crippen LogP contribution in [0.4, 0.5) is 5.69 Å². The van der Waals surface area contributed by atoms with Crippen LogP contribution in [0, 0.1) is 0 Å². The van der Waals surface area contributed by atoms with Gasteiger partial charge in [0.25, 0.3) is 5.91 Å². The Bertz CT molecular complexity index is 1190. The van der Waals surface area contributed by atoms with E-state index in [0.717, 1.165) is 33.4 Å². The molecule has 2 aliphatic heterocycles. The van der Waals surface area contributed by atoms with Crippen molar-refractivity contribution >= 4 is 40.0 Å². The normalized spacial score (nSPS) is 18.3. The second-order valence-corrected chi connectivity index (χ2v) is 7.74. The van der Waals surface area contributed by atoms with Crippen LogP contribution < -0.4 is 5.32 Å². The molecule has 6 heteroatoms. The van der Waals surface area contributed by atoms with E-state index in [-0.39, 0.29) is 24.3 Å². The molecule has 0 radical (unpaired) electrons. The van der Waals surface area contributed by atoms with Gasteiger partial charge in [-0.05, 0) is 35.4 Å². The Kier molecular flexibility index (Phi) is 3.64. The van der Waals surface area contributed by atoms with E-state index in [9.17, 15) is 9.59 Å². The number of rotatable bonds is 1. The molecule has 1 aromatic heterocycles. The Morgan fingerprint density at radius 3 is 2.64 bits per heavy atom. The maximum absolute atomic E-state index is 13.2. The van der Waals surface area contributed by atoms with Crippen molar-refractivity contribution in [3.63, 3.8) is 0 Å². The molecular formula is C22H18ClN3O2. The topological polar surface area (TPSA) is 54.3 Å². The number of hydrogen-bond acceptors (Lipinski definition) is 3. The summed E-state index contributed by atoms with van der Waals surface area (Å²) in [4.78, 5) is 26.6. The summed E-state index contributed by atoms with van der Waals surface area (Å²) in [6.07, 6.45) is 2.08. The molecule has 2 aliphatic rings. The third-order valence-electron chi connectivity index (χ3n) is 5.63. The van der Waals surface area contributed by atoms with Crippen LogP contribution in [0.25, 0.3) is 10.9 Å². The van der Waals surface area contributed by atoms with E-state index < -0.39 is 0 Å². The van der Waals surface area contributed by atoms with E-state index in [4.69, 9.17) is 11.6 Å². The van der Waals surface area contributed by atoms with Gasteiger partial charge in [0.2, 0.25) is 5.91 Å². The molecule has 2 aromatic carbocycles. The molecule has 1 N–H and O–H groups in total. The lowest BCUT2D eigenvalue weighted by atomic mass is 9.84. The monoisotopic (exact) mass is 391 g/mol. The first kappa shape index (κ1) is 17.1. The number of carbonyl (C=O) groups excluding carboxylic acids is 2. The van der Waals surface area contributed by atoms with Crippen molar-refractivity contribution in [3.05, 3.63) is 76.1 Å². The van der Waals surface area contributed by atoms with E-state index >= 15 is 0 Å². The molecule has 1 unspecified atom stereocenters. The number of hydrogen-bond donors (Lipinski definition) is 1. The molecule has 1 atom stereocenters. The molecule has 0 bridgehead atoms. The first-order valence-electron chi connectivity index (χ1n) is 9.11. The first-order valence-corrected chi connectivity index (χ1v) is 9.49. The second-order valence-electron chi connectivity index (χ2n) is 7.31. The van der Waals surface area contributed by atoms with E-state index in [1.54, 1.807) is 0 Å². The standard InChI is InChI=1S/C22H18ClN3O2/c1-12(27)26-11-17-21(22(26)28)19(13-6-8-14(23)9-7-13)15-10-25(2)18-5-3-4-16(24-17)20(15)18/h3-10,19,24H,11H2,1-2H3. The zero-order valence-electron chi connectivity index (χ0n) is 15.5. The Balaban J connectivity index is 1.81. The number of anilines is 1. The van der Waals surface area contributed by atoms with Gasteiger partial charge in [0, 0.05) is 47.9 Å². The number of nitrogens with zero attached hydrogens (tertiary/aromatic N) is 2. The summed E-state index contributed by atoms with van der Waals surface area (Å²) in [6, 6.07) is 13.7. The van der Waals surface area contributed by atoms with E-state index in [2.05, 4.69) is 22.1 Å². The van der Waals surface area contributed by atoms with Gasteiger partial charge in [-0.25, -0.2) is 0 Å². The van der Waals surface area contributed by atoms with Gasteiger partial charge in [-0.3, -0.25) is 14.5 Å². The van der Waals surface area contributed by atoms with Crippen molar-refractivity contribution in [2.45, 2.75) is 12.8 Å². The Labute approximate surface area is 167 Å². The number of halogens is 1. The van der Waals surface area contributed by atoms with Crippen LogP contribution in [0.15, 0.2) is 59.9 Å². The van der Waals surface area contributed by atoms with Gasteiger partial charge in [-0.2, -0.15) is 0 Å². The zero-order chi connectivity index (χ0) is 19.6. The Morgan fingerprint density at radius 1 is 1.18 bits per heavy atom. The van der Waals surface area contributed by atoms with Gasteiger partial charge in [0.05, 0.1) is 17.6 Å². The molecule has 0 spiro atoms. The number of aromatic nitrogens is 1. The van der Waals surface area contributed by atoms with Gasteiger partial charge in [0.15, 0.2) is 0 Å². The maximum Gasteiger partial charge on any atom is 0.259 e. The summed E-state index contributed by atoms with van der Waals surface area (Å²) in [5.41, 5.74) is 5.48. The van der Waals surface area contributed by atoms with Crippen molar-refractivity contribution in [1.29, 1.82) is 0 Å². The van der Waals surface area contributed by atoms with Crippen LogP contribution in [0.1, 0.15) is 24.0 Å². The van der Waals surface area contributed by atoms with E-state index in [1.165, 1.54) is 11.8 Å². The van der Waals surface area contributed by atoms with Gasteiger partial charge in [0.1, 0.15) is 0 Å². The number of benzene rings is 2. The summed E-state index contributed by atoms with van der Waals surface area (Å²) >= 11 is 6.11. The second kappa shape index (κ2) is 5.97. The molecule has 0 aliphatic carbocycles. The van der Waals surface area contributed by atoms with Crippen molar-refractivity contribution in [2.75, 3.05) is 11.9 Å². The highest BCUT2D eigenvalue weighted by atomic mass is 35.5. The maximum atomic E-state index is 13.2. The molecule has 140 valence electrons. The van der Waals surface area contributed by atoms with Crippen LogP contribution in [0.5, 0.6) is 0 Å². The summed E-state index contributed by atoms with van der Waals surface area (Å²) < 4.78 is 2.08. The fraction of sp³-hybridized carbons (Fsp3) is 0.182. The molecule has 3 heterocycles. The van der Waals surface area contributed by atoms with Crippen LogP contribution in [0.2, 0.25) is 5.02 Å². The minimum Gasteiger partial charge on any atom is -0.356 e. The molecule has 0 saturated carbocycles. The predicted molar refractivity (Wildman–Crippen MR) is 109 cm³/mol. The predicted octanol–water partition coefficient (Wildman–Crippen LogP) is 4.03. The lowest BCUT2D eigenvalue weighted by molar-refractivity contribution is -0.139. The van der Waals surface area contributed by atoms with Crippen molar-refractivity contribution in [1.82, 2.24) is 9.47 Å². The number of imide groups is 1. The molecule has 2 amide bonds. The van der Waals surface area contributed by atoms with Crippen molar-refractivity contribution in [3.8, 4) is 0 Å². The fourth-order valence-electron chi connectivity index (χ4n) is 4.37. The van der Waals surface area contributed by atoms with E-state index in [1.807, 2.05) is 43.4 Å². The van der Waals surface area contributed by atoms with Crippen molar-refractivity contribution in [2.24, 2.45) is 7.05 Å². The third kappa shape index (κ3) is 2.33. The molecule has 0 fully saturated rings. The average molecular weight is 392 g/mol. The minimum absolute atomic E-state index is 0.236. The lowest BCUT2D eigenvalue weighted by Crippen LogP contribution is -2.33. The van der Waals surface area contributed by atoms with Gasteiger partial charge < -0.3 is 9.88 Å². The van der Waals surface area contributed by atoms with Crippen LogP contribution in [0.3, 0.4) is 0 Å². The minimum atomic E-state index is -0.274. The lowest BCUT2D eigenvalue weighted by Gasteiger charge is -2.19. The summed E-state index contributed by atoms with van der Waals surface area (Å²) in [5.74, 6) is -0.759. The first-order chi connectivity index (χ1) is 13.5. The molecule has 3 aromatic rings. The third-order valence-corrected chi connectivity index (χ3v) is 5.88. The van der Waals surface area contributed by atoms with Crippen LogP contribution >= 0.6 is 11.6 Å². The molecular weight excluding hydrogens is 374 g/mol. The molecule has 0 saturated heterocycles. The molecule has 5 nitrogen and oxygen atoms in total. The quantitative estimate of drug-likeness (QED) is 0.681. The Hall–Kier alpha value is -3.05. The van der Waals surface area contributed by atoms with E-state index in [0.29, 0.717) is 10.6 Å². The van der Waals surface area contributed by atoms with Gasteiger partial charge in [-0.1, -0.05) is 29.8 Å². The molecule has 28 heavy (non-hydrogen) atoms. The molecule has 5 rings (SSSR count). The number of nitrogens with one attached hydrogen (secondary N) is 1. The SMILES string of the molecule is CC(=O)N1CC2=C(C1=O)C(c1ccc(Cl)cc1)c1cn(C)c3cccc(c13)N2. The smallest absolute Gasteiger partial charge is 0.259 e. The summed E-state index contributed by atoms with van der Waals surface area (Å²) in [6.45, 7) is 1.69. The number of amides is 2.